The van der Waals surface area contributed by atoms with Crippen molar-refractivity contribution < 1.29 is 15.0 Å². The van der Waals surface area contributed by atoms with Crippen molar-refractivity contribution in [3.63, 3.8) is 0 Å². The molecular formula is C44H81NO3. The van der Waals surface area contributed by atoms with Gasteiger partial charge in [-0.2, -0.15) is 0 Å². The van der Waals surface area contributed by atoms with Crippen molar-refractivity contribution >= 4 is 5.91 Å². The molecule has 0 saturated heterocycles. The van der Waals surface area contributed by atoms with Crippen molar-refractivity contribution in [3.8, 4) is 0 Å². The molecule has 48 heavy (non-hydrogen) atoms. The summed E-state index contributed by atoms with van der Waals surface area (Å²) < 4.78 is 0. The molecule has 0 heterocycles. The van der Waals surface area contributed by atoms with Crippen molar-refractivity contribution in [2.75, 3.05) is 6.61 Å². The third-order valence-electron chi connectivity index (χ3n) is 9.26. The molecule has 0 aliphatic rings. The van der Waals surface area contributed by atoms with Gasteiger partial charge in [0, 0.05) is 6.42 Å². The Kier molecular flexibility index (Phi) is 38.4. The van der Waals surface area contributed by atoms with Crippen LogP contribution in [0.15, 0.2) is 48.6 Å². The van der Waals surface area contributed by atoms with E-state index in [0.29, 0.717) is 6.42 Å². The number of hydrogen-bond acceptors (Lipinski definition) is 3. The number of unbranched alkanes of at least 4 members (excludes halogenated alkanes) is 24. The first-order valence-electron chi connectivity index (χ1n) is 20.9. The van der Waals surface area contributed by atoms with Gasteiger partial charge >= 0.3 is 0 Å². The predicted octanol–water partition coefficient (Wildman–Crippen LogP) is 12.8. The van der Waals surface area contributed by atoms with Crippen LogP contribution < -0.4 is 5.32 Å². The molecular weight excluding hydrogens is 590 g/mol. The quantitative estimate of drug-likeness (QED) is 0.0455. The summed E-state index contributed by atoms with van der Waals surface area (Å²) in [6.07, 6.45) is 53.5. The van der Waals surface area contributed by atoms with Gasteiger partial charge in [-0.05, 0) is 70.6 Å². The summed E-state index contributed by atoms with van der Waals surface area (Å²) in [6, 6.07) is -0.649. The minimum atomic E-state index is -0.873. The Morgan fingerprint density at radius 3 is 1.21 bits per heavy atom. The van der Waals surface area contributed by atoms with E-state index in [9.17, 15) is 15.0 Å². The van der Waals surface area contributed by atoms with Crippen LogP contribution in [0.4, 0.5) is 0 Å². The maximum absolute atomic E-state index is 12.4. The maximum Gasteiger partial charge on any atom is 0.220 e. The lowest BCUT2D eigenvalue weighted by atomic mass is 10.1. The summed E-state index contributed by atoms with van der Waals surface area (Å²) in [4.78, 5) is 12.4. The highest BCUT2D eigenvalue weighted by atomic mass is 16.3. The molecule has 0 saturated carbocycles. The topological polar surface area (TPSA) is 69.6 Å². The van der Waals surface area contributed by atoms with E-state index in [1.54, 1.807) is 6.08 Å². The van der Waals surface area contributed by atoms with Crippen molar-refractivity contribution in [1.29, 1.82) is 0 Å². The summed E-state index contributed by atoms with van der Waals surface area (Å²) in [5, 5.41) is 22.9. The highest BCUT2D eigenvalue weighted by molar-refractivity contribution is 5.76. The van der Waals surface area contributed by atoms with Crippen LogP contribution in [0.25, 0.3) is 0 Å². The predicted molar refractivity (Wildman–Crippen MR) is 211 cm³/mol. The third-order valence-corrected chi connectivity index (χ3v) is 9.26. The zero-order valence-corrected chi connectivity index (χ0v) is 32.0. The molecule has 3 N–H and O–H groups in total. The van der Waals surface area contributed by atoms with Gasteiger partial charge in [-0.3, -0.25) is 4.79 Å². The van der Waals surface area contributed by atoms with E-state index in [0.717, 1.165) is 51.4 Å². The molecule has 2 atom stereocenters. The number of carbonyl (C=O) groups excluding carboxylic acids is 1. The summed E-state index contributed by atoms with van der Waals surface area (Å²) in [5.74, 6) is -0.0873. The number of aliphatic hydroxyl groups excluding tert-OH is 2. The van der Waals surface area contributed by atoms with Gasteiger partial charge in [-0.15, -0.1) is 0 Å². The molecule has 0 aromatic heterocycles. The number of nitrogens with one attached hydrogen (secondary N) is 1. The lowest BCUT2D eigenvalue weighted by Gasteiger charge is -2.19. The first-order valence-corrected chi connectivity index (χ1v) is 20.9. The lowest BCUT2D eigenvalue weighted by Crippen LogP contribution is -2.45. The second-order valence-electron chi connectivity index (χ2n) is 14.0. The minimum Gasteiger partial charge on any atom is -0.394 e. The fourth-order valence-electron chi connectivity index (χ4n) is 6.03. The summed E-state index contributed by atoms with van der Waals surface area (Å²) in [7, 11) is 0. The molecule has 0 aliphatic carbocycles. The average Bonchev–Trinajstić information content (AvgIpc) is 3.09. The molecule has 4 heteroatoms. The van der Waals surface area contributed by atoms with Crippen LogP contribution in [-0.2, 0) is 4.79 Å². The second kappa shape index (κ2) is 39.8. The lowest BCUT2D eigenvalue weighted by molar-refractivity contribution is -0.123. The largest absolute Gasteiger partial charge is 0.394 e. The zero-order valence-electron chi connectivity index (χ0n) is 32.0. The smallest absolute Gasteiger partial charge is 0.220 e. The summed E-state index contributed by atoms with van der Waals surface area (Å²) >= 11 is 0. The van der Waals surface area contributed by atoms with Gasteiger partial charge in [0.05, 0.1) is 18.8 Å². The van der Waals surface area contributed by atoms with Crippen molar-refractivity contribution in [2.45, 2.75) is 219 Å². The van der Waals surface area contributed by atoms with Crippen LogP contribution in [0.1, 0.15) is 206 Å². The van der Waals surface area contributed by atoms with E-state index < -0.39 is 12.1 Å². The normalized spacial score (nSPS) is 13.5. The average molecular weight is 672 g/mol. The third kappa shape index (κ3) is 35.7. The van der Waals surface area contributed by atoms with Gasteiger partial charge < -0.3 is 15.5 Å². The van der Waals surface area contributed by atoms with E-state index in [4.69, 9.17) is 0 Å². The number of rotatable bonds is 37. The van der Waals surface area contributed by atoms with Crippen LogP contribution in [0.3, 0.4) is 0 Å². The van der Waals surface area contributed by atoms with Crippen LogP contribution in [0.5, 0.6) is 0 Å². The number of amides is 1. The SMILES string of the molecule is CCCCCCCCCC/C=C/CC/C=C/CC/C=C/C(O)C(CO)NC(=O)CCCCCCC/C=C\CCCCCCCCCCC. The number of carbonyl (C=O) groups is 1. The van der Waals surface area contributed by atoms with Gasteiger partial charge in [-0.25, -0.2) is 0 Å². The summed E-state index contributed by atoms with van der Waals surface area (Å²) in [5.41, 5.74) is 0. The van der Waals surface area contributed by atoms with Crippen LogP contribution in [0.2, 0.25) is 0 Å². The van der Waals surface area contributed by atoms with Gasteiger partial charge in [0.2, 0.25) is 5.91 Å². The van der Waals surface area contributed by atoms with E-state index >= 15 is 0 Å². The molecule has 2 unspecified atom stereocenters. The van der Waals surface area contributed by atoms with Crippen LogP contribution in [0, 0.1) is 0 Å². The summed E-state index contributed by atoms with van der Waals surface area (Å²) in [6.45, 7) is 4.28. The van der Waals surface area contributed by atoms with E-state index in [-0.39, 0.29) is 12.5 Å². The maximum atomic E-state index is 12.4. The Morgan fingerprint density at radius 2 is 0.812 bits per heavy atom. The van der Waals surface area contributed by atoms with Gasteiger partial charge in [0.15, 0.2) is 0 Å². The van der Waals surface area contributed by atoms with E-state index in [2.05, 4.69) is 55.6 Å². The molecule has 0 rings (SSSR count). The van der Waals surface area contributed by atoms with Crippen molar-refractivity contribution in [3.05, 3.63) is 48.6 Å². The molecule has 0 aliphatic heterocycles. The molecule has 0 aromatic rings. The molecule has 4 nitrogen and oxygen atoms in total. The molecule has 0 spiro atoms. The Balaban J connectivity index is 3.68. The molecule has 0 aromatic carbocycles. The Bertz CT molecular complexity index is 771. The van der Waals surface area contributed by atoms with E-state index in [1.165, 1.54) is 135 Å². The molecule has 1 amide bonds. The van der Waals surface area contributed by atoms with Crippen molar-refractivity contribution in [2.24, 2.45) is 0 Å². The number of aliphatic hydroxyl groups is 2. The Morgan fingerprint density at radius 1 is 0.479 bits per heavy atom. The fraction of sp³-hybridized carbons (Fsp3) is 0.795. The Labute approximate surface area is 299 Å². The Hall–Kier alpha value is -1.65. The van der Waals surface area contributed by atoms with Gasteiger partial charge in [0.25, 0.3) is 0 Å². The first kappa shape index (κ1) is 46.4. The van der Waals surface area contributed by atoms with Crippen LogP contribution >= 0.6 is 0 Å². The molecule has 0 bridgehead atoms. The van der Waals surface area contributed by atoms with Crippen LogP contribution in [-0.4, -0.2) is 34.9 Å². The highest BCUT2D eigenvalue weighted by Gasteiger charge is 2.17. The minimum absolute atomic E-state index is 0.0873. The monoisotopic (exact) mass is 672 g/mol. The number of hydrogen-bond donors (Lipinski definition) is 3. The van der Waals surface area contributed by atoms with E-state index in [1.807, 2.05) is 6.08 Å². The number of allylic oxidation sites excluding steroid dienone is 7. The molecule has 0 radical (unpaired) electrons. The standard InChI is InChI=1S/C44H81NO3/c1-3-5-7-9-11-13-15-17-19-21-23-25-27-29-31-33-35-37-39-43(47)42(41-46)45-44(48)40-38-36-34-32-30-28-26-24-22-20-18-16-14-12-10-8-6-4-2/h21,23-24,26,29,31,37,39,42-43,46-47H,3-20,22,25,27-28,30,32-36,38,40-41H2,1-2H3,(H,45,48)/b23-21+,26-24-,31-29+,39-37+. The first-order chi connectivity index (χ1) is 23.7. The zero-order chi connectivity index (χ0) is 35.0. The van der Waals surface area contributed by atoms with Gasteiger partial charge in [-0.1, -0.05) is 178 Å². The van der Waals surface area contributed by atoms with Gasteiger partial charge in [0.1, 0.15) is 0 Å². The molecule has 0 fully saturated rings. The highest BCUT2D eigenvalue weighted by Crippen LogP contribution is 2.13. The van der Waals surface area contributed by atoms with Crippen molar-refractivity contribution in [1.82, 2.24) is 5.32 Å². The molecule has 280 valence electrons. The second-order valence-corrected chi connectivity index (χ2v) is 14.0. The fourth-order valence-corrected chi connectivity index (χ4v) is 6.03.